The summed E-state index contributed by atoms with van der Waals surface area (Å²) in [6.45, 7) is 14.9. The maximum Gasteiger partial charge on any atom is 0.149 e. The second kappa shape index (κ2) is 15.2. The summed E-state index contributed by atoms with van der Waals surface area (Å²) in [5, 5.41) is 12.2. The molecule has 8 aromatic rings. The average molecular weight is 763 g/mol. The molecule has 58 heavy (non-hydrogen) atoms. The summed E-state index contributed by atoms with van der Waals surface area (Å²) in [7, 11) is 0. The van der Waals surface area contributed by atoms with Crippen LogP contribution in [0.25, 0.3) is 72.7 Å². The van der Waals surface area contributed by atoms with Gasteiger partial charge in [0.2, 0.25) is 0 Å². The molecule has 0 saturated heterocycles. The van der Waals surface area contributed by atoms with Gasteiger partial charge in [0.15, 0.2) is 0 Å². The molecule has 4 heteroatoms. The van der Waals surface area contributed by atoms with Gasteiger partial charge >= 0.3 is 0 Å². The van der Waals surface area contributed by atoms with Crippen LogP contribution in [0.4, 0.5) is 0 Å². The number of para-hydroxylation sites is 1. The van der Waals surface area contributed by atoms with Gasteiger partial charge in [-0.1, -0.05) is 139 Å². The van der Waals surface area contributed by atoms with Gasteiger partial charge in [0, 0.05) is 27.1 Å². The molecular weight excluding hydrogens is 707 g/mol. The highest BCUT2D eigenvalue weighted by Crippen LogP contribution is 2.43. The number of phenols is 1. The smallest absolute Gasteiger partial charge is 0.149 e. The number of hydrogen-bond donors (Lipinski definition) is 1. The summed E-state index contributed by atoms with van der Waals surface area (Å²) in [5.41, 5.74) is 14.8. The Labute approximate surface area is 348 Å². The molecule has 0 atom stereocenters. The zero-order chi connectivity index (χ0) is 43.4. The van der Waals surface area contributed by atoms with E-state index in [4.69, 9.17) is 14.1 Å². The molecule has 0 saturated carbocycles. The first-order chi connectivity index (χ1) is 29.0. The van der Waals surface area contributed by atoms with Crippen molar-refractivity contribution in [2.75, 3.05) is 0 Å². The van der Waals surface area contributed by atoms with Crippen molar-refractivity contribution in [3.05, 3.63) is 167 Å². The fourth-order valence-electron chi connectivity index (χ4n) is 7.81. The van der Waals surface area contributed by atoms with Crippen LogP contribution in [0.5, 0.6) is 5.75 Å². The van der Waals surface area contributed by atoms with Crippen LogP contribution in [0.3, 0.4) is 0 Å². The summed E-state index contributed by atoms with van der Waals surface area (Å²) in [4.78, 5) is 10.4. The highest BCUT2D eigenvalue weighted by atomic mass is 16.3. The highest BCUT2D eigenvalue weighted by Gasteiger charge is 2.25. The van der Waals surface area contributed by atoms with Crippen molar-refractivity contribution in [2.24, 2.45) is 0 Å². The zero-order valence-electron chi connectivity index (χ0n) is 37.7. The lowest BCUT2D eigenvalue weighted by atomic mass is 9.83. The molecule has 0 bridgehead atoms. The third-order valence-corrected chi connectivity index (χ3v) is 11.2. The van der Waals surface area contributed by atoms with Crippen molar-refractivity contribution in [3.63, 3.8) is 0 Å². The van der Waals surface area contributed by atoms with Gasteiger partial charge in [-0.05, 0) is 130 Å². The Morgan fingerprint density at radius 2 is 1.36 bits per heavy atom. The minimum Gasteiger partial charge on any atom is -0.507 e. The first-order valence-electron chi connectivity index (χ1n) is 21.8. The van der Waals surface area contributed by atoms with Gasteiger partial charge in [-0.25, -0.2) is 4.98 Å². The fraction of sp³-hybridized carbons (Fsp3) is 0.222. The van der Waals surface area contributed by atoms with Gasteiger partial charge in [-0.2, -0.15) is 0 Å². The van der Waals surface area contributed by atoms with Gasteiger partial charge in [0.05, 0.1) is 22.3 Å². The SMILES string of the molecule is [2H]C([2H])([2H])c1cc(-c2ccccc2)cc(-n2c(-c3cc(C(C)C)cc(C(C)C)c3O)nc3c(-c4cc(-c5cc(-c6ccc(C)cc6)ccn5)cc(C(C)(C)C)c4)cccc32)c1. The molecule has 6 aromatic carbocycles. The molecule has 0 aliphatic carbocycles. The largest absolute Gasteiger partial charge is 0.507 e. The number of aromatic hydroxyl groups is 1. The minimum atomic E-state index is -2.37. The lowest BCUT2D eigenvalue weighted by Crippen LogP contribution is -2.11. The van der Waals surface area contributed by atoms with Crippen molar-refractivity contribution in [1.82, 2.24) is 14.5 Å². The van der Waals surface area contributed by atoms with Gasteiger partial charge in [-0.3, -0.25) is 9.55 Å². The predicted octanol–water partition coefficient (Wildman–Crippen LogP) is 14.6. The van der Waals surface area contributed by atoms with Crippen LogP contribution in [-0.4, -0.2) is 19.6 Å². The molecule has 0 unspecified atom stereocenters. The Morgan fingerprint density at radius 1 is 0.621 bits per heavy atom. The van der Waals surface area contributed by atoms with E-state index < -0.39 is 6.85 Å². The number of benzene rings is 6. The number of aromatic nitrogens is 3. The summed E-state index contributed by atoms with van der Waals surface area (Å²) in [5.74, 6) is 0.937. The quantitative estimate of drug-likeness (QED) is 0.168. The van der Waals surface area contributed by atoms with Gasteiger partial charge in [-0.15, -0.1) is 0 Å². The highest BCUT2D eigenvalue weighted by molar-refractivity contribution is 5.97. The lowest BCUT2D eigenvalue weighted by molar-refractivity contribution is 0.466. The van der Waals surface area contributed by atoms with Gasteiger partial charge in [0.25, 0.3) is 0 Å². The number of fused-ring (bicyclic) bond motifs is 1. The second-order valence-electron chi connectivity index (χ2n) is 17.2. The molecule has 2 heterocycles. The van der Waals surface area contributed by atoms with Crippen molar-refractivity contribution in [3.8, 4) is 67.5 Å². The molecule has 8 rings (SSSR count). The number of aryl methyl sites for hydroxylation is 2. The normalized spacial score (nSPS) is 12.9. The first kappa shape index (κ1) is 34.9. The molecule has 0 amide bonds. The number of phenolic OH excluding ortho intramolecular Hbond substituents is 1. The first-order valence-corrected chi connectivity index (χ1v) is 20.3. The number of hydrogen-bond acceptors (Lipinski definition) is 3. The van der Waals surface area contributed by atoms with Crippen LogP contribution in [0.2, 0.25) is 0 Å². The number of imidazole rings is 1. The summed E-state index contributed by atoms with van der Waals surface area (Å²) in [6, 6.07) is 45.1. The zero-order valence-corrected chi connectivity index (χ0v) is 34.7. The monoisotopic (exact) mass is 762 g/mol. The van der Waals surface area contributed by atoms with Crippen LogP contribution in [0.1, 0.15) is 92.2 Å². The molecule has 0 aliphatic heterocycles. The summed E-state index contributed by atoms with van der Waals surface area (Å²) >= 11 is 0. The van der Waals surface area contributed by atoms with Crippen LogP contribution < -0.4 is 0 Å². The van der Waals surface area contributed by atoms with Crippen molar-refractivity contribution in [2.45, 2.75) is 79.5 Å². The summed E-state index contributed by atoms with van der Waals surface area (Å²) in [6.07, 6.45) is 1.88. The molecule has 1 N–H and O–H groups in total. The Balaban J connectivity index is 1.43. The molecule has 290 valence electrons. The van der Waals surface area contributed by atoms with Crippen molar-refractivity contribution >= 4 is 11.0 Å². The van der Waals surface area contributed by atoms with Crippen LogP contribution in [0, 0.1) is 13.8 Å². The molecule has 0 fully saturated rings. The maximum absolute atomic E-state index is 12.2. The van der Waals surface area contributed by atoms with Crippen molar-refractivity contribution < 1.29 is 9.22 Å². The number of rotatable bonds is 8. The molecule has 2 aromatic heterocycles. The Kier molecular flexibility index (Phi) is 9.19. The number of pyridine rings is 1. The van der Waals surface area contributed by atoms with E-state index in [9.17, 15) is 5.11 Å². The van der Waals surface area contributed by atoms with Crippen LogP contribution in [0.15, 0.2) is 140 Å². The molecule has 0 aliphatic rings. The number of nitrogens with zero attached hydrogens (tertiary/aromatic N) is 3. The Morgan fingerprint density at radius 3 is 2.07 bits per heavy atom. The lowest BCUT2D eigenvalue weighted by Gasteiger charge is -2.22. The van der Waals surface area contributed by atoms with Crippen molar-refractivity contribution in [1.29, 1.82) is 0 Å². The van der Waals surface area contributed by atoms with E-state index >= 15 is 0 Å². The van der Waals surface area contributed by atoms with E-state index in [1.54, 1.807) is 12.1 Å². The van der Waals surface area contributed by atoms with Crippen LogP contribution in [-0.2, 0) is 5.41 Å². The van der Waals surface area contributed by atoms with E-state index in [2.05, 4.69) is 122 Å². The van der Waals surface area contributed by atoms with E-state index in [1.165, 1.54) is 5.56 Å². The van der Waals surface area contributed by atoms with Crippen LogP contribution >= 0.6 is 0 Å². The van der Waals surface area contributed by atoms with Gasteiger partial charge < -0.3 is 5.11 Å². The predicted molar refractivity (Wildman–Crippen MR) is 244 cm³/mol. The fourth-order valence-corrected chi connectivity index (χ4v) is 7.81. The van der Waals surface area contributed by atoms with E-state index in [0.29, 0.717) is 17.1 Å². The van der Waals surface area contributed by atoms with E-state index in [-0.39, 0.29) is 28.6 Å². The third kappa shape index (κ3) is 7.47. The topological polar surface area (TPSA) is 50.9 Å². The standard InChI is InChI=1S/C54H53N3O/c1-33(2)40-30-47(34(3)4)52(58)48(31-40)53-56-51-46(16-13-17-50(51)57(53)45-25-36(6)24-41(29-45)37-14-11-10-12-15-37)42-26-43(28-44(27-42)54(7,8)9)49-32-39(22-23-55-49)38-20-18-35(5)19-21-38/h10-34,58H,1-9H3/i6D3. The summed E-state index contributed by atoms with van der Waals surface area (Å²) < 4.78 is 27.7. The van der Waals surface area contributed by atoms with E-state index in [0.717, 1.165) is 72.4 Å². The maximum atomic E-state index is 12.2. The molecule has 0 radical (unpaired) electrons. The molecule has 0 spiro atoms. The second-order valence-corrected chi connectivity index (χ2v) is 17.2. The Hall–Kier alpha value is -6.26. The molecular formula is C54H53N3O. The third-order valence-electron chi connectivity index (χ3n) is 11.2. The van der Waals surface area contributed by atoms with Gasteiger partial charge in [0.1, 0.15) is 11.6 Å². The van der Waals surface area contributed by atoms with E-state index in [1.807, 2.05) is 65.4 Å². The average Bonchev–Trinajstić information content (AvgIpc) is 3.63. The minimum absolute atomic E-state index is 0.0473. The Bertz CT molecular complexity index is 2900. The molecule has 4 nitrogen and oxygen atoms in total.